The molecule has 3 aromatic heterocycles. The predicted octanol–water partition coefficient (Wildman–Crippen LogP) is 3.51. The van der Waals surface area contributed by atoms with Crippen molar-refractivity contribution in [3.05, 3.63) is 54.7 Å². The van der Waals surface area contributed by atoms with Gasteiger partial charge in [-0.05, 0) is 37.1 Å². The highest BCUT2D eigenvalue weighted by Gasteiger charge is 2.33. The molecule has 1 saturated carbocycles. The summed E-state index contributed by atoms with van der Waals surface area (Å²) in [6.45, 7) is 0. The maximum Gasteiger partial charge on any atom is 0.433 e. The summed E-state index contributed by atoms with van der Waals surface area (Å²) in [7, 11) is -2.47. The number of hydrogen-bond acceptors (Lipinski definition) is 6. The van der Waals surface area contributed by atoms with Crippen LogP contribution in [0.3, 0.4) is 0 Å². The molecule has 172 valence electrons. The van der Waals surface area contributed by atoms with Crippen molar-refractivity contribution >= 4 is 26.6 Å². The van der Waals surface area contributed by atoms with Crippen LogP contribution in [0.15, 0.2) is 53.9 Å². The van der Waals surface area contributed by atoms with E-state index >= 15 is 0 Å². The molecule has 1 aromatic carbocycles. The van der Waals surface area contributed by atoms with E-state index in [1.54, 1.807) is 25.4 Å². The predicted molar refractivity (Wildman–Crippen MR) is 112 cm³/mol. The number of alkyl halides is 3. The number of ether oxygens (including phenoxy) is 1. The Morgan fingerprint density at radius 2 is 1.94 bits per heavy atom. The minimum atomic E-state index is -4.64. The first-order chi connectivity index (χ1) is 15.6. The Balaban J connectivity index is 1.51. The molecule has 0 bridgehead atoms. The fourth-order valence-corrected chi connectivity index (χ4v) is 4.32. The van der Waals surface area contributed by atoms with Crippen LogP contribution in [0.1, 0.15) is 18.5 Å². The molecule has 33 heavy (non-hydrogen) atoms. The standard InChI is InChI=1S/C20H17F3N6O3S/c1-28-19-12(9-25-28)2-5-16(32-14-3-4-14)18(19)27-33(30,31)15-10-26-29(11-15)13-6-7-24-17(8-13)20(21,22)23/h2,5-11,14,27H,3-4H2,1H3. The summed E-state index contributed by atoms with van der Waals surface area (Å²) in [6, 6.07) is 5.55. The minimum absolute atomic E-state index is 0.0188. The molecule has 5 rings (SSSR count). The number of rotatable bonds is 6. The van der Waals surface area contributed by atoms with E-state index in [0.717, 1.165) is 42.2 Å². The van der Waals surface area contributed by atoms with E-state index in [1.807, 2.05) is 0 Å². The monoisotopic (exact) mass is 478 g/mol. The molecular weight excluding hydrogens is 461 g/mol. The molecule has 13 heteroatoms. The van der Waals surface area contributed by atoms with Gasteiger partial charge in [0.05, 0.1) is 35.9 Å². The van der Waals surface area contributed by atoms with Gasteiger partial charge < -0.3 is 4.74 Å². The number of benzene rings is 1. The molecule has 1 N–H and O–H groups in total. The van der Waals surface area contributed by atoms with Crippen molar-refractivity contribution in [2.75, 3.05) is 4.72 Å². The number of halogens is 3. The normalized spacial score (nSPS) is 14.5. The van der Waals surface area contributed by atoms with Crippen LogP contribution in [-0.4, -0.2) is 39.1 Å². The largest absolute Gasteiger partial charge is 0.488 e. The minimum Gasteiger partial charge on any atom is -0.488 e. The van der Waals surface area contributed by atoms with Gasteiger partial charge >= 0.3 is 6.18 Å². The second-order valence-corrected chi connectivity index (χ2v) is 9.27. The summed E-state index contributed by atoms with van der Waals surface area (Å²) in [5, 5.41) is 8.81. The zero-order valence-electron chi connectivity index (χ0n) is 17.1. The molecule has 0 amide bonds. The van der Waals surface area contributed by atoms with Crippen LogP contribution in [-0.2, 0) is 23.2 Å². The van der Waals surface area contributed by atoms with Crippen LogP contribution in [0.2, 0.25) is 0 Å². The molecule has 0 saturated heterocycles. The molecule has 0 aliphatic heterocycles. The summed E-state index contributed by atoms with van der Waals surface area (Å²) >= 11 is 0. The van der Waals surface area contributed by atoms with Gasteiger partial charge in [0.25, 0.3) is 10.0 Å². The van der Waals surface area contributed by atoms with Crippen molar-refractivity contribution in [1.29, 1.82) is 0 Å². The Bertz CT molecular complexity index is 1460. The lowest BCUT2D eigenvalue weighted by atomic mass is 10.2. The van der Waals surface area contributed by atoms with Crippen LogP contribution in [0, 0.1) is 0 Å². The number of pyridine rings is 1. The number of nitrogens with one attached hydrogen (secondary N) is 1. The van der Waals surface area contributed by atoms with E-state index in [4.69, 9.17) is 4.74 Å². The van der Waals surface area contributed by atoms with Crippen LogP contribution >= 0.6 is 0 Å². The third-order valence-corrected chi connectivity index (χ3v) is 6.39. The number of fused-ring (bicyclic) bond motifs is 1. The summed E-state index contributed by atoms with van der Waals surface area (Å²) in [6.07, 6.45) is 1.92. The van der Waals surface area contributed by atoms with E-state index < -0.39 is 21.9 Å². The first kappa shape index (κ1) is 21.2. The van der Waals surface area contributed by atoms with Crippen molar-refractivity contribution in [2.45, 2.75) is 30.0 Å². The van der Waals surface area contributed by atoms with E-state index in [0.29, 0.717) is 16.7 Å². The van der Waals surface area contributed by atoms with Gasteiger partial charge in [-0.15, -0.1) is 0 Å². The average Bonchev–Trinajstić information content (AvgIpc) is 3.28. The second kappa shape index (κ2) is 7.47. The third kappa shape index (κ3) is 4.11. The Labute approximate surface area is 185 Å². The lowest BCUT2D eigenvalue weighted by Crippen LogP contribution is -2.15. The molecule has 0 spiro atoms. The molecular formula is C20H17F3N6O3S. The van der Waals surface area contributed by atoms with Gasteiger partial charge in [0.1, 0.15) is 22.0 Å². The maximum absolute atomic E-state index is 13.2. The Hall–Kier alpha value is -3.61. The van der Waals surface area contributed by atoms with Crippen molar-refractivity contribution in [2.24, 2.45) is 7.05 Å². The molecule has 9 nitrogen and oxygen atoms in total. The first-order valence-corrected chi connectivity index (χ1v) is 11.3. The van der Waals surface area contributed by atoms with Gasteiger partial charge in [0.2, 0.25) is 0 Å². The summed E-state index contributed by atoms with van der Waals surface area (Å²) in [4.78, 5) is 3.07. The highest BCUT2D eigenvalue weighted by Crippen LogP contribution is 2.38. The molecule has 4 aromatic rings. The molecule has 0 radical (unpaired) electrons. The Kier molecular flexibility index (Phi) is 4.81. The number of hydrogen-bond donors (Lipinski definition) is 1. The number of sulfonamides is 1. The zero-order chi connectivity index (χ0) is 23.4. The second-order valence-electron chi connectivity index (χ2n) is 7.59. The number of aromatic nitrogens is 5. The van der Waals surface area contributed by atoms with Crippen molar-refractivity contribution in [1.82, 2.24) is 24.5 Å². The van der Waals surface area contributed by atoms with E-state index in [2.05, 4.69) is 19.9 Å². The number of aryl methyl sites for hydroxylation is 1. The topological polar surface area (TPSA) is 104 Å². The lowest BCUT2D eigenvalue weighted by Gasteiger charge is -2.14. The van der Waals surface area contributed by atoms with E-state index in [1.165, 1.54) is 10.7 Å². The third-order valence-electron chi connectivity index (χ3n) is 5.09. The summed E-state index contributed by atoms with van der Waals surface area (Å²) in [5.74, 6) is 0.369. The van der Waals surface area contributed by atoms with Crippen LogP contribution in [0.25, 0.3) is 16.6 Å². The van der Waals surface area contributed by atoms with Crippen LogP contribution in [0.5, 0.6) is 5.75 Å². The molecule has 0 atom stereocenters. The van der Waals surface area contributed by atoms with E-state index in [9.17, 15) is 21.6 Å². The Morgan fingerprint density at radius 3 is 2.67 bits per heavy atom. The lowest BCUT2D eigenvalue weighted by molar-refractivity contribution is -0.141. The number of anilines is 1. The summed E-state index contributed by atoms with van der Waals surface area (Å²) in [5.41, 5.74) is -0.323. The maximum atomic E-state index is 13.2. The molecule has 1 fully saturated rings. The van der Waals surface area contributed by atoms with Gasteiger partial charge in [-0.25, -0.2) is 13.1 Å². The SMILES string of the molecule is Cn1ncc2ccc(OC3CC3)c(NS(=O)(=O)c3cnn(-c4ccnc(C(F)(F)F)c4)c3)c21. The summed E-state index contributed by atoms with van der Waals surface area (Å²) < 4.78 is 76.2. The Morgan fingerprint density at radius 1 is 1.15 bits per heavy atom. The van der Waals surface area contributed by atoms with Gasteiger partial charge in [-0.2, -0.15) is 23.4 Å². The van der Waals surface area contributed by atoms with Crippen LogP contribution < -0.4 is 9.46 Å². The first-order valence-electron chi connectivity index (χ1n) is 9.84. The van der Waals surface area contributed by atoms with Crippen LogP contribution in [0.4, 0.5) is 18.9 Å². The molecule has 0 unspecified atom stereocenters. The quantitative estimate of drug-likeness (QED) is 0.455. The van der Waals surface area contributed by atoms with Crippen molar-refractivity contribution in [3.63, 3.8) is 0 Å². The van der Waals surface area contributed by atoms with Gasteiger partial charge in [0, 0.05) is 18.6 Å². The fourth-order valence-electron chi connectivity index (χ4n) is 3.31. The molecule has 1 aliphatic carbocycles. The van der Waals surface area contributed by atoms with Crippen molar-refractivity contribution in [3.8, 4) is 11.4 Å². The fraction of sp³-hybridized carbons (Fsp3) is 0.250. The molecule has 1 aliphatic rings. The highest BCUT2D eigenvalue weighted by atomic mass is 32.2. The van der Waals surface area contributed by atoms with E-state index in [-0.39, 0.29) is 22.4 Å². The highest BCUT2D eigenvalue weighted by molar-refractivity contribution is 7.92. The molecule has 3 heterocycles. The van der Waals surface area contributed by atoms with Crippen molar-refractivity contribution < 1.29 is 26.3 Å². The van der Waals surface area contributed by atoms with Gasteiger partial charge in [-0.3, -0.25) is 14.4 Å². The van der Waals surface area contributed by atoms with Gasteiger partial charge in [0.15, 0.2) is 0 Å². The number of nitrogens with zero attached hydrogens (tertiary/aromatic N) is 5. The zero-order valence-corrected chi connectivity index (χ0v) is 17.9. The van der Waals surface area contributed by atoms with Gasteiger partial charge in [-0.1, -0.05) is 0 Å². The average molecular weight is 478 g/mol. The smallest absolute Gasteiger partial charge is 0.433 e.